The van der Waals surface area contributed by atoms with Gasteiger partial charge in [0.1, 0.15) is 0 Å². The highest BCUT2D eigenvalue weighted by molar-refractivity contribution is 5.25. The summed E-state index contributed by atoms with van der Waals surface area (Å²) in [4.78, 5) is 0. The van der Waals surface area contributed by atoms with E-state index in [0.717, 1.165) is 36.2 Å². The van der Waals surface area contributed by atoms with Crippen molar-refractivity contribution >= 4 is 0 Å². The Labute approximate surface area is 181 Å². The van der Waals surface area contributed by atoms with Crippen LogP contribution in [0.3, 0.4) is 0 Å². The third kappa shape index (κ3) is 3.99. The van der Waals surface area contributed by atoms with E-state index in [2.05, 4.69) is 40.7 Å². The van der Waals surface area contributed by atoms with Crippen LogP contribution in [0, 0.1) is 40.4 Å². The van der Waals surface area contributed by atoms with E-state index in [4.69, 9.17) is 4.74 Å². The Hall–Kier alpha value is -0.300. The molecule has 4 aliphatic rings. The first-order valence-corrected chi connectivity index (χ1v) is 13.2. The minimum Gasteiger partial charge on any atom is -0.378 e. The molecule has 1 nitrogen and oxygen atoms in total. The van der Waals surface area contributed by atoms with Crippen molar-refractivity contribution in [3.05, 3.63) is 11.6 Å². The lowest BCUT2D eigenvalue weighted by atomic mass is 9.47. The van der Waals surface area contributed by atoms with Gasteiger partial charge in [0.15, 0.2) is 0 Å². The van der Waals surface area contributed by atoms with Gasteiger partial charge in [-0.25, -0.2) is 0 Å². The van der Waals surface area contributed by atoms with Gasteiger partial charge in [0.25, 0.3) is 0 Å². The van der Waals surface area contributed by atoms with Crippen molar-refractivity contribution in [1.82, 2.24) is 0 Å². The summed E-state index contributed by atoms with van der Waals surface area (Å²) in [5, 5.41) is 0. The predicted molar refractivity (Wildman–Crippen MR) is 124 cm³/mol. The van der Waals surface area contributed by atoms with Gasteiger partial charge in [-0.3, -0.25) is 0 Å². The summed E-state index contributed by atoms with van der Waals surface area (Å²) in [5.74, 6) is 4.79. The molecular formula is C28H48O. The fraction of sp³-hybridized carbons (Fsp3) is 0.929. The van der Waals surface area contributed by atoms with E-state index in [1.54, 1.807) is 5.57 Å². The zero-order valence-corrected chi connectivity index (χ0v) is 20.1. The number of hydrogen-bond donors (Lipinski definition) is 0. The molecule has 0 aromatic carbocycles. The third-order valence-electron chi connectivity index (χ3n) is 10.2. The van der Waals surface area contributed by atoms with Crippen molar-refractivity contribution in [3.8, 4) is 0 Å². The summed E-state index contributed by atoms with van der Waals surface area (Å²) >= 11 is 0. The van der Waals surface area contributed by atoms with Gasteiger partial charge >= 0.3 is 0 Å². The molecule has 166 valence electrons. The second kappa shape index (κ2) is 8.68. The molecule has 0 aromatic heterocycles. The minimum absolute atomic E-state index is 0.479. The molecule has 0 heterocycles. The van der Waals surface area contributed by atoms with Crippen LogP contribution in [-0.4, -0.2) is 12.7 Å². The highest BCUT2D eigenvalue weighted by atomic mass is 16.5. The van der Waals surface area contributed by atoms with Gasteiger partial charge in [-0.2, -0.15) is 0 Å². The van der Waals surface area contributed by atoms with Crippen LogP contribution < -0.4 is 0 Å². The lowest BCUT2D eigenvalue weighted by Gasteiger charge is -2.58. The lowest BCUT2D eigenvalue weighted by Crippen LogP contribution is -2.50. The Morgan fingerprint density at radius 1 is 1.03 bits per heavy atom. The Balaban J connectivity index is 1.44. The van der Waals surface area contributed by atoms with E-state index in [1.807, 2.05) is 0 Å². The summed E-state index contributed by atoms with van der Waals surface area (Å²) in [6, 6.07) is 0. The van der Waals surface area contributed by atoms with E-state index >= 15 is 0 Å². The second-order valence-electron chi connectivity index (χ2n) is 12.1. The topological polar surface area (TPSA) is 9.23 Å². The van der Waals surface area contributed by atoms with Crippen molar-refractivity contribution in [3.63, 3.8) is 0 Å². The molecule has 7 atom stereocenters. The Bertz CT molecular complexity index is 591. The normalized spacial score (nSPS) is 44.2. The fourth-order valence-electron chi connectivity index (χ4n) is 8.53. The highest BCUT2D eigenvalue weighted by Gasteiger charge is 2.58. The van der Waals surface area contributed by atoms with Gasteiger partial charge < -0.3 is 4.74 Å². The van der Waals surface area contributed by atoms with Crippen LogP contribution in [0.2, 0.25) is 0 Å². The SMILES string of the molecule is CCO[C@H]1CC[C@@]2(C)C(=CCC3C2CC[C@@]2(C)C3CC[C@@H]2CCCCC(C)C)C1. The third-order valence-corrected chi connectivity index (χ3v) is 10.2. The van der Waals surface area contributed by atoms with Crippen LogP contribution >= 0.6 is 0 Å². The van der Waals surface area contributed by atoms with Gasteiger partial charge in [-0.1, -0.05) is 58.6 Å². The summed E-state index contributed by atoms with van der Waals surface area (Å²) < 4.78 is 6.03. The van der Waals surface area contributed by atoms with Gasteiger partial charge in [-0.15, -0.1) is 0 Å². The summed E-state index contributed by atoms with van der Waals surface area (Å²) in [6.45, 7) is 13.1. The maximum absolute atomic E-state index is 6.03. The van der Waals surface area contributed by atoms with Gasteiger partial charge in [0.05, 0.1) is 6.10 Å². The van der Waals surface area contributed by atoms with Crippen molar-refractivity contribution < 1.29 is 4.74 Å². The Morgan fingerprint density at radius 3 is 2.62 bits per heavy atom. The quantitative estimate of drug-likeness (QED) is 0.309. The zero-order chi connectivity index (χ0) is 20.6. The zero-order valence-electron chi connectivity index (χ0n) is 20.1. The molecule has 29 heavy (non-hydrogen) atoms. The van der Waals surface area contributed by atoms with E-state index in [1.165, 1.54) is 77.0 Å². The number of unbranched alkanes of at least 4 members (excludes halogenated alkanes) is 1. The van der Waals surface area contributed by atoms with Gasteiger partial charge in [0, 0.05) is 6.61 Å². The smallest absolute Gasteiger partial charge is 0.0612 e. The van der Waals surface area contributed by atoms with Crippen LogP contribution in [0.1, 0.15) is 112 Å². The Kier molecular flexibility index (Phi) is 6.56. The minimum atomic E-state index is 0.479. The molecule has 0 amide bonds. The molecule has 4 rings (SSSR count). The van der Waals surface area contributed by atoms with Crippen molar-refractivity contribution in [2.75, 3.05) is 6.61 Å². The fourth-order valence-corrected chi connectivity index (χ4v) is 8.53. The molecule has 0 radical (unpaired) electrons. The molecule has 4 aliphatic carbocycles. The maximum Gasteiger partial charge on any atom is 0.0612 e. The molecule has 0 spiro atoms. The first-order valence-electron chi connectivity index (χ1n) is 13.2. The van der Waals surface area contributed by atoms with Gasteiger partial charge in [0.2, 0.25) is 0 Å². The molecular weight excluding hydrogens is 352 g/mol. The molecule has 0 aromatic rings. The van der Waals surface area contributed by atoms with Crippen LogP contribution in [0.4, 0.5) is 0 Å². The molecule has 3 fully saturated rings. The molecule has 0 N–H and O–H groups in total. The second-order valence-corrected chi connectivity index (χ2v) is 12.1. The average molecular weight is 401 g/mol. The van der Waals surface area contributed by atoms with E-state index in [-0.39, 0.29) is 0 Å². The van der Waals surface area contributed by atoms with E-state index < -0.39 is 0 Å². The molecule has 1 heteroatoms. The number of fused-ring (bicyclic) bond motifs is 5. The van der Waals surface area contributed by atoms with Crippen LogP contribution in [0.25, 0.3) is 0 Å². The molecule has 0 aliphatic heterocycles. The van der Waals surface area contributed by atoms with Crippen LogP contribution in [0.5, 0.6) is 0 Å². The summed E-state index contributed by atoms with van der Waals surface area (Å²) in [6.07, 6.45) is 20.3. The largest absolute Gasteiger partial charge is 0.378 e. The first kappa shape index (κ1) is 21.9. The maximum atomic E-state index is 6.03. The van der Waals surface area contributed by atoms with Crippen LogP contribution in [0.15, 0.2) is 11.6 Å². The van der Waals surface area contributed by atoms with Crippen molar-refractivity contribution in [1.29, 1.82) is 0 Å². The van der Waals surface area contributed by atoms with E-state index in [0.29, 0.717) is 16.9 Å². The molecule has 0 bridgehead atoms. The lowest BCUT2D eigenvalue weighted by molar-refractivity contribution is -0.0577. The summed E-state index contributed by atoms with van der Waals surface area (Å²) in [7, 11) is 0. The highest BCUT2D eigenvalue weighted by Crippen LogP contribution is 2.66. The molecule has 3 saturated carbocycles. The number of ether oxygens (including phenoxy) is 1. The first-order chi connectivity index (χ1) is 13.9. The van der Waals surface area contributed by atoms with Crippen molar-refractivity contribution in [2.24, 2.45) is 40.4 Å². The van der Waals surface area contributed by atoms with E-state index in [9.17, 15) is 0 Å². The standard InChI is InChI=1S/C28H48O/c1-6-29-23-15-17-28(5)22(19-23)11-13-24-25-14-12-21(10-8-7-9-20(2)3)27(25,4)18-16-26(24)28/h11,20-21,23-26H,6-10,12-19H2,1-5H3/t21-,23-,24?,25?,26?,27+,28-/m0/s1. The number of hydrogen-bond acceptors (Lipinski definition) is 1. The summed E-state index contributed by atoms with van der Waals surface area (Å²) in [5.41, 5.74) is 2.89. The average Bonchev–Trinajstić information content (AvgIpc) is 3.02. The van der Waals surface area contributed by atoms with Gasteiger partial charge in [-0.05, 0) is 105 Å². The number of allylic oxidation sites excluding steroid dienone is 1. The van der Waals surface area contributed by atoms with Crippen molar-refractivity contribution in [2.45, 2.75) is 118 Å². The Morgan fingerprint density at radius 2 is 1.86 bits per heavy atom. The predicted octanol–water partition coefficient (Wildman–Crippen LogP) is 8.19. The number of rotatable bonds is 7. The molecule has 3 unspecified atom stereocenters. The molecule has 0 saturated heterocycles. The van der Waals surface area contributed by atoms with Crippen LogP contribution in [-0.2, 0) is 4.74 Å². The monoisotopic (exact) mass is 400 g/mol.